The van der Waals surface area contributed by atoms with E-state index in [0.29, 0.717) is 6.54 Å². The van der Waals surface area contributed by atoms with Crippen LogP contribution in [0.2, 0.25) is 4.34 Å². The molecule has 0 saturated heterocycles. The lowest BCUT2D eigenvalue weighted by Crippen LogP contribution is -2.31. The molecule has 1 rings (SSSR count). The van der Waals surface area contributed by atoms with Crippen LogP contribution in [0.3, 0.4) is 0 Å². The third-order valence-corrected chi connectivity index (χ3v) is 5.64. The summed E-state index contributed by atoms with van der Waals surface area (Å²) in [5.41, 5.74) is 5.82. The van der Waals surface area contributed by atoms with Gasteiger partial charge in [0.1, 0.15) is 4.34 Å². The summed E-state index contributed by atoms with van der Waals surface area (Å²) >= 11 is 11.1. The van der Waals surface area contributed by atoms with Crippen molar-refractivity contribution in [3.8, 4) is 0 Å². The van der Waals surface area contributed by atoms with Gasteiger partial charge < -0.3 is 11.1 Å². The van der Waals surface area contributed by atoms with Gasteiger partial charge in [0.25, 0.3) is 0 Å². The molecule has 5 heteroatoms. The Labute approximate surface area is 121 Å². The predicted octanol–water partition coefficient (Wildman–Crippen LogP) is 4.19. The largest absolute Gasteiger partial charge is 0.329 e. The Morgan fingerprint density at radius 3 is 2.53 bits per heavy atom. The number of halogens is 2. The fourth-order valence-corrected chi connectivity index (χ4v) is 3.55. The first-order valence-corrected chi connectivity index (χ1v) is 7.99. The van der Waals surface area contributed by atoms with Gasteiger partial charge in [0, 0.05) is 15.9 Å². The molecule has 0 aliphatic heterocycles. The lowest BCUT2D eigenvalue weighted by molar-refractivity contribution is 0.416. The zero-order valence-corrected chi connectivity index (χ0v) is 13.5. The Bertz CT molecular complexity index is 320. The van der Waals surface area contributed by atoms with E-state index in [1.54, 1.807) is 11.3 Å². The van der Waals surface area contributed by atoms with Crippen molar-refractivity contribution in [2.24, 2.45) is 11.7 Å². The molecule has 98 valence electrons. The Morgan fingerprint density at radius 1 is 1.47 bits per heavy atom. The van der Waals surface area contributed by atoms with E-state index in [0.717, 1.165) is 21.3 Å². The average Bonchev–Trinajstić information content (AvgIpc) is 2.65. The van der Waals surface area contributed by atoms with Gasteiger partial charge in [-0.2, -0.15) is 0 Å². The first-order valence-electron chi connectivity index (χ1n) is 6.00. The molecule has 3 N–H and O–H groups in total. The molecule has 0 aliphatic rings. The van der Waals surface area contributed by atoms with Crippen molar-refractivity contribution >= 4 is 38.9 Å². The number of nitrogens with two attached hydrogens (primary N) is 1. The van der Waals surface area contributed by atoms with Crippen LogP contribution in [0.5, 0.6) is 0 Å². The first kappa shape index (κ1) is 15.4. The summed E-state index contributed by atoms with van der Waals surface area (Å²) in [5.74, 6) is 0.725. The van der Waals surface area contributed by atoms with Gasteiger partial charge in [0.15, 0.2) is 0 Å². The SMILES string of the molecule is CCC(CC)CNC(CN)c1cc(Br)c(Cl)s1. The topological polar surface area (TPSA) is 38.0 Å². The van der Waals surface area contributed by atoms with Gasteiger partial charge in [-0.3, -0.25) is 0 Å². The number of thiophene rings is 1. The Balaban J connectivity index is 2.59. The first-order chi connectivity index (χ1) is 8.12. The zero-order chi connectivity index (χ0) is 12.8. The van der Waals surface area contributed by atoms with E-state index in [9.17, 15) is 0 Å². The monoisotopic (exact) mass is 338 g/mol. The second-order valence-corrected chi connectivity index (χ2v) is 6.69. The van der Waals surface area contributed by atoms with Crippen molar-refractivity contribution < 1.29 is 0 Å². The molecule has 1 heterocycles. The van der Waals surface area contributed by atoms with E-state index < -0.39 is 0 Å². The highest BCUT2D eigenvalue weighted by Crippen LogP contribution is 2.35. The van der Waals surface area contributed by atoms with Gasteiger partial charge in [-0.15, -0.1) is 11.3 Å². The molecule has 1 atom stereocenters. The summed E-state index contributed by atoms with van der Waals surface area (Å²) in [6, 6.07) is 2.27. The zero-order valence-electron chi connectivity index (χ0n) is 10.3. The van der Waals surface area contributed by atoms with Crippen LogP contribution in [0, 0.1) is 5.92 Å². The fraction of sp³-hybridized carbons (Fsp3) is 0.667. The van der Waals surface area contributed by atoms with E-state index in [2.05, 4.69) is 41.2 Å². The number of hydrogen-bond acceptors (Lipinski definition) is 3. The highest BCUT2D eigenvalue weighted by atomic mass is 79.9. The molecule has 0 spiro atoms. The third kappa shape index (κ3) is 4.52. The standard InChI is InChI=1S/C12H20BrClN2S/c1-3-8(4-2)7-16-10(6-15)11-5-9(13)12(14)17-11/h5,8,10,16H,3-4,6-7,15H2,1-2H3. The minimum Gasteiger partial charge on any atom is -0.329 e. The van der Waals surface area contributed by atoms with E-state index in [4.69, 9.17) is 17.3 Å². The molecule has 0 radical (unpaired) electrons. The molecule has 1 unspecified atom stereocenters. The van der Waals surface area contributed by atoms with E-state index in [1.165, 1.54) is 17.7 Å². The maximum Gasteiger partial charge on any atom is 0.107 e. The van der Waals surface area contributed by atoms with Crippen LogP contribution in [0.25, 0.3) is 0 Å². The third-order valence-electron chi connectivity index (χ3n) is 3.05. The highest BCUT2D eigenvalue weighted by Gasteiger charge is 2.15. The average molecular weight is 340 g/mol. The normalized spacial score (nSPS) is 13.3. The maximum absolute atomic E-state index is 6.05. The molecular formula is C12H20BrClN2S. The van der Waals surface area contributed by atoms with Crippen LogP contribution < -0.4 is 11.1 Å². The highest BCUT2D eigenvalue weighted by molar-refractivity contribution is 9.10. The molecule has 17 heavy (non-hydrogen) atoms. The van der Waals surface area contributed by atoms with Crippen LogP contribution in [-0.2, 0) is 0 Å². The lowest BCUT2D eigenvalue weighted by Gasteiger charge is -2.19. The van der Waals surface area contributed by atoms with Crippen molar-refractivity contribution in [3.63, 3.8) is 0 Å². The molecule has 0 aliphatic carbocycles. The molecule has 0 amide bonds. The predicted molar refractivity (Wildman–Crippen MR) is 80.9 cm³/mol. The molecule has 0 fully saturated rings. The Kier molecular flexibility index (Phi) is 7.04. The summed E-state index contributed by atoms with van der Waals surface area (Å²) in [6.07, 6.45) is 2.41. The molecule has 1 aromatic heterocycles. The van der Waals surface area contributed by atoms with Crippen LogP contribution >= 0.6 is 38.9 Å². The van der Waals surface area contributed by atoms with Gasteiger partial charge in [-0.25, -0.2) is 0 Å². The van der Waals surface area contributed by atoms with Gasteiger partial charge in [-0.05, 0) is 34.5 Å². The summed E-state index contributed by atoms with van der Waals surface area (Å²) in [6.45, 7) is 6.07. The molecule has 2 nitrogen and oxygen atoms in total. The molecule has 1 aromatic rings. The van der Waals surface area contributed by atoms with Crippen molar-refractivity contribution in [2.45, 2.75) is 32.7 Å². The maximum atomic E-state index is 6.05. The van der Waals surface area contributed by atoms with Crippen molar-refractivity contribution in [1.29, 1.82) is 0 Å². The van der Waals surface area contributed by atoms with Crippen LogP contribution in [0.15, 0.2) is 10.5 Å². The van der Waals surface area contributed by atoms with Crippen molar-refractivity contribution in [3.05, 3.63) is 19.8 Å². The van der Waals surface area contributed by atoms with Crippen LogP contribution in [0.1, 0.15) is 37.6 Å². The summed E-state index contributed by atoms with van der Waals surface area (Å²) in [5, 5.41) is 3.53. The van der Waals surface area contributed by atoms with Gasteiger partial charge in [-0.1, -0.05) is 38.3 Å². The Hall–Kier alpha value is 0.390. The molecule has 0 aromatic carbocycles. The molecule has 0 bridgehead atoms. The van der Waals surface area contributed by atoms with Gasteiger partial charge >= 0.3 is 0 Å². The molecular weight excluding hydrogens is 320 g/mol. The van der Waals surface area contributed by atoms with Crippen LogP contribution in [-0.4, -0.2) is 13.1 Å². The van der Waals surface area contributed by atoms with Crippen LogP contribution in [0.4, 0.5) is 0 Å². The Morgan fingerprint density at radius 2 is 2.12 bits per heavy atom. The number of nitrogens with one attached hydrogen (secondary N) is 1. The quantitative estimate of drug-likeness (QED) is 0.781. The summed E-state index contributed by atoms with van der Waals surface area (Å²) in [7, 11) is 0. The fourth-order valence-electron chi connectivity index (χ4n) is 1.72. The number of hydrogen-bond donors (Lipinski definition) is 2. The van der Waals surface area contributed by atoms with Gasteiger partial charge in [0.05, 0.1) is 6.04 Å². The van der Waals surface area contributed by atoms with Crippen molar-refractivity contribution in [2.75, 3.05) is 13.1 Å². The van der Waals surface area contributed by atoms with Gasteiger partial charge in [0.2, 0.25) is 0 Å². The minimum atomic E-state index is 0.212. The number of rotatable bonds is 7. The smallest absolute Gasteiger partial charge is 0.107 e. The van der Waals surface area contributed by atoms with E-state index in [-0.39, 0.29) is 6.04 Å². The van der Waals surface area contributed by atoms with E-state index >= 15 is 0 Å². The van der Waals surface area contributed by atoms with Crippen molar-refractivity contribution in [1.82, 2.24) is 5.32 Å². The lowest BCUT2D eigenvalue weighted by atomic mass is 10.0. The second-order valence-electron chi connectivity index (χ2n) is 4.15. The molecule has 0 saturated carbocycles. The summed E-state index contributed by atoms with van der Waals surface area (Å²) in [4.78, 5) is 1.20. The summed E-state index contributed by atoms with van der Waals surface area (Å²) < 4.78 is 1.75. The minimum absolute atomic E-state index is 0.212. The van der Waals surface area contributed by atoms with E-state index in [1.807, 2.05) is 0 Å². The second kappa shape index (κ2) is 7.74.